The molecule has 224 valence electrons. The Bertz CT molecular complexity index is 1520. The summed E-state index contributed by atoms with van der Waals surface area (Å²) in [6.45, 7) is 8.08. The van der Waals surface area contributed by atoms with Crippen molar-refractivity contribution in [2.24, 2.45) is 0 Å². The fourth-order valence-electron chi connectivity index (χ4n) is 5.00. The average Bonchev–Trinajstić information content (AvgIpc) is 2.97. The van der Waals surface area contributed by atoms with E-state index in [1.165, 1.54) is 31.4 Å². The van der Waals surface area contributed by atoms with E-state index < -0.39 is 29.2 Å². The molecule has 1 aromatic heterocycles. The smallest absolute Gasteiger partial charge is 0.410 e. The van der Waals surface area contributed by atoms with E-state index >= 15 is 8.78 Å². The zero-order valence-corrected chi connectivity index (χ0v) is 24.6. The summed E-state index contributed by atoms with van der Waals surface area (Å²) in [6.07, 6.45) is -0.435. The number of carbonyl (C=O) groups excluding carboxylic acids is 2. The largest absolute Gasteiger partial charge is 0.496 e. The van der Waals surface area contributed by atoms with Gasteiger partial charge >= 0.3 is 6.09 Å². The van der Waals surface area contributed by atoms with Gasteiger partial charge < -0.3 is 28.9 Å². The number of hydrogen-bond donors (Lipinski definition) is 0. The minimum Gasteiger partial charge on any atom is -0.496 e. The molecule has 0 spiro atoms. The number of benzene rings is 2. The van der Waals surface area contributed by atoms with Gasteiger partial charge in [-0.25, -0.2) is 23.5 Å². The summed E-state index contributed by atoms with van der Waals surface area (Å²) in [6, 6.07) is 5.60. The van der Waals surface area contributed by atoms with E-state index in [1.807, 2.05) is 4.90 Å². The molecule has 0 atom stereocenters. The Morgan fingerprint density at radius 3 is 2.31 bits per heavy atom. The zero-order chi connectivity index (χ0) is 30.2. The number of methoxy groups -OCH3 is 1. The fourth-order valence-corrected chi connectivity index (χ4v) is 5.28. The van der Waals surface area contributed by atoms with Crippen LogP contribution in [0.5, 0.6) is 5.75 Å². The van der Waals surface area contributed by atoms with Crippen molar-refractivity contribution >= 4 is 40.3 Å². The number of carbonyl (C=O) groups is 2. The van der Waals surface area contributed by atoms with Gasteiger partial charge in [0.2, 0.25) is 5.82 Å². The van der Waals surface area contributed by atoms with Gasteiger partial charge in [0.1, 0.15) is 28.5 Å². The summed E-state index contributed by atoms with van der Waals surface area (Å²) >= 11 is 6.61. The Hall–Kier alpha value is -3.77. The molecule has 3 heterocycles. The van der Waals surface area contributed by atoms with Crippen LogP contribution in [0.15, 0.2) is 24.3 Å². The molecule has 13 heteroatoms. The van der Waals surface area contributed by atoms with E-state index in [9.17, 15) is 9.59 Å². The SMILES string of the molecule is COc1cccc(F)c1-c1c(Cl)cc2c(N3CCN(C(=O)OC(C)(C)C)CC3)nc(C(=O)N3CCOCC3)nc2c1F. The number of halogens is 3. The molecule has 5 rings (SSSR count). The van der Waals surface area contributed by atoms with Crippen molar-refractivity contribution < 1.29 is 32.6 Å². The third-order valence-corrected chi connectivity index (χ3v) is 7.33. The molecule has 0 saturated carbocycles. The van der Waals surface area contributed by atoms with Gasteiger partial charge in [0, 0.05) is 50.2 Å². The average molecular weight is 604 g/mol. The van der Waals surface area contributed by atoms with Crippen LogP contribution >= 0.6 is 11.6 Å². The molecule has 2 fully saturated rings. The molecular formula is C29H32ClF2N5O5. The second kappa shape index (κ2) is 11.8. The van der Waals surface area contributed by atoms with Gasteiger partial charge in [-0.15, -0.1) is 0 Å². The van der Waals surface area contributed by atoms with E-state index in [0.29, 0.717) is 52.5 Å². The molecule has 0 bridgehead atoms. The van der Waals surface area contributed by atoms with Crippen molar-refractivity contribution in [3.63, 3.8) is 0 Å². The van der Waals surface area contributed by atoms with Gasteiger partial charge in [-0.1, -0.05) is 17.7 Å². The van der Waals surface area contributed by atoms with Crippen molar-refractivity contribution in [2.45, 2.75) is 26.4 Å². The summed E-state index contributed by atoms with van der Waals surface area (Å²) in [5.74, 6) is -1.95. The Morgan fingerprint density at radius 1 is 0.976 bits per heavy atom. The van der Waals surface area contributed by atoms with Crippen LogP contribution in [0.4, 0.5) is 19.4 Å². The number of morpholine rings is 1. The van der Waals surface area contributed by atoms with Crippen molar-refractivity contribution in [2.75, 3.05) is 64.5 Å². The molecule has 2 aromatic carbocycles. The lowest BCUT2D eigenvalue weighted by molar-refractivity contribution is 0.0240. The van der Waals surface area contributed by atoms with Crippen LogP contribution in [-0.4, -0.2) is 97.0 Å². The third kappa shape index (κ3) is 5.91. The number of amides is 2. The highest BCUT2D eigenvalue weighted by Gasteiger charge is 2.31. The van der Waals surface area contributed by atoms with E-state index in [2.05, 4.69) is 9.97 Å². The summed E-state index contributed by atoms with van der Waals surface area (Å²) in [7, 11) is 1.35. The lowest BCUT2D eigenvalue weighted by Crippen LogP contribution is -2.50. The Balaban J connectivity index is 1.61. The zero-order valence-electron chi connectivity index (χ0n) is 23.9. The van der Waals surface area contributed by atoms with Crippen LogP contribution in [0.1, 0.15) is 31.4 Å². The van der Waals surface area contributed by atoms with Gasteiger partial charge in [0.05, 0.1) is 30.9 Å². The predicted octanol–water partition coefficient (Wildman–Crippen LogP) is 4.77. The predicted molar refractivity (Wildman–Crippen MR) is 153 cm³/mol. The normalized spacial score (nSPS) is 16.1. The first-order valence-corrected chi connectivity index (χ1v) is 14.0. The summed E-state index contributed by atoms with van der Waals surface area (Å²) < 4.78 is 47.6. The first-order chi connectivity index (χ1) is 20.0. The number of hydrogen-bond acceptors (Lipinski definition) is 8. The van der Waals surface area contributed by atoms with Crippen molar-refractivity contribution in [1.82, 2.24) is 19.8 Å². The summed E-state index contributed by atoms with van der Waals surface area (Å²) in [4.78, 5) is 40.0. The standard InChI is InChI=1S/C29H32ClF2N5O5/c1-29(2,3)42-28(39)37-10-8-35(9-11-37)26-17-16-18(30)21(22-19(31)6-5-7-20(22)40-4)23(32)24(17)33-25(34-26)27(38)36-12-14-41-15-13-36/h5-7,16H,8-15H2,1-4H3. The van der Waals surface area contributed by atoms with Gasteiger partial charge in [-0.05, 0) is 39.0 Å². The molecule has 42 heavy (non-hydrogen) atoms. The number of rotatable bonds is 4. The van der Waals surface area contributed by atoms with Crippen LogP contribution < -0.4 is 9.64 Å². The van der Waals surface area contributed by atoms with Gasteiger partial charge in [0.15, 0.2) is 5.82 Å². The van der Waals surface area contributed by atoms with E-state index in [0.717, 1.165) is 0 Å². The number of piperazine rings is 1. The highest BCUT2D eigenvalue weighted by Crippen LogP contribution is 2.42. The first kappa shape index (κ1) is 29.7. The highest BCUT2D eigenvalue weighted by molar-refractivity contribution is 6.34. The Kier molecular flexibility index (Phi) is 8.38. The van der Waals surface area contributed by atoms with Gasteiger partial charge in [-0.3, -0.25) is 4.79 Å². The van der Waals surface area contributed by atoms with Crippen molar-refractivity contribution in [1.29, 1.82) is 0 Å². The number of aromatic nitrogens is 2. The van der Waals surface area contributed by atoms with Crippen molar-refractivity contribution in [3.05, 3.63) is 46.7 Å². The minimum absolute atomic E-state index is 0.0760. The third-order valence-electron chi connectivity index (χ3n) is 7.03. The van der Waals surface area contributed by atoms with Gasteiger partial charge in [-0.2, -0.15) is 0 Å². The second-order valence-electron chi connectivity index (χ2n) is 11.0. The molecule has 10 nitrogen and oxygen atoms in total. The molecule has 0 radical (unpaired) electrons. The van der Waals surface area contributed by atoms with E-state index in [-0.39, 0.29) is 44.4 Å². The number of ether oxygens (including phenoxy) is 3. The first-order valence-electron chi connectivity index (χ1n) is 13.6. The molecule has 2 aliphatic heterocycles. The fraction of sp³-hybridized carbons (Fsp3) is 0.448. The number of nitrogens with zero attached hydrogens (tertiary/aromatic N) is 5. The molecule has 2 aliphatic rings. The molecule has 2 saturated heterocycles. The highest BCUT2D eigenvalue weighted by atomic mass is 35.5. The lowest BCUT2D eigenvalue weighted by Gasteiger charge is -2.36. The van der Waals surface area contributed by atoms with Gasteiger partial charge in [0.25, 0.3) is 5.91 Å². The maximum Gasteiger partial charge on any atom is 0.410 e. The molecule has 0 aliphatic carbocycles. The van der Waals surface area contributed by atoms with Crippen LogP contribution in [0.3, 0.4) is 0 Å². The summed E-state index contributed by atoms with van der Waals surface area (Å²) in [5, 5.41) is 0.175. The van der Waals surface area contributed by atoms with E-state index in [4.69, 9.17) is 25.8 Å². The van der Waals surface area contributed by atoms with Crippen LogP contribution in [0.25, 0.3) is 22.0 Å². The molecule has 0 unspecified atom stereocenters. The second-order valence-corrected chi connectivity index (χ2v) is 11.4. The maximum atomic E-state index is 16.4. The summed E-state index contributed by atoms with van der Waals surface area (Å²) in [5.41, 5.74) is -1.21. The van der Waals surface area contributed by atoms with Crippen molar-refractivity contribution in [3.8, 4) is 16.9 Å². The topological polar surface area (TPSA) is 97.3 Å². The molecule has 3 aromatic rings. The monoisotopic (exact) mass is 603 g/mol. The molecular weight excluding hydrogens is 572 g/mol. The van der Waals surface area contributed by atoms with E-state index in [1.54, 1.807) is 30.6 Å². The molecule has 2 amide bonds. The van der Waals surface area contributed by atoms with Crippen LogP contribution in [0.2, 0.25) is 5.02 Å². The Labute approximate surface area is 247 Å². The minimum atomic E-state index is -0.909. The van der Waals surface area contributed by atoms with Crippen LogP contribution in [-0.2, 0) is 9.47 Å². The Morgan fingerprint density at radius 2 is 1.67 bits per heavy atom. The maximum absolute atomic E-state index is 16.4. The van der Waals surface area contributed by atoms with Crippen LogP contribution in [0, 0.1) is 11.6 Å². The number of anilines is 1. The quantitative estimate of drug-likeness (QED) is 0.421. The molecule has 0 N–H and O–H groups in total. The lowest BCUT2D eigenvalue weighted by atomic mass is 10.0. The number of fused-ring (bicyclic) bond motifs is 1.